The fraction of sp³-hybridized carbons (Fsp3) is 0.571. The number of ether oxygens (including phenoxy) is 1. The molecule has 0 unspecified atom stereocenters. The van der Waals surface area contributed by atoms with Crippen LogP contribution in [0.15, 0.2) is 35.3 Å². The van der Waals surface area contributed by atoms with Crippen molar-refractivity contribution < 1.29 is 25.2 Å². The number of hydrogen-bond donors (Lipinski definition) is 4. The van der Waals surface area contributed by atoms with Crippen molar-refractivity contribution in [3.05, 3.63) is 35.3 Å². The third-order valence-corrected chi connectivity index (χ3v) is 2.56. The molecule has 0 amide bonds. The van der Waals surface area contributed by atoms with Crippen molar-refractivity contribution in [3.63, 3.8) is 0 Å². The molecule has 3 atom stereocenters. The largest absolute Gasteiger partial charge is 0.510 e. The zero-order chi connectivity index (χ0) is 15.2. The van der Waals surface area contributed by atoms with Gasteiger partial charge in [0, 0.05) is 0 Å². The quantitative estimate of drug-likeness (QED) is 0.416. The molecule has 0 aromatic heterocycles. The molecule has 0 aromatic rings. The molecule has 0 rings (SSSR count). The van der Waals surface area contributed by atoms with E-state index < -0.39 is 18.3 Å². The van der Waals surface area contributed by atoms with Gasteiger partial charge in [0.25, 0.3) is 0 Å². The zero-order valence-electron chi connectivity index (χ0n) is 11.9. The van der Waals surface area contributed by atoms with E-state index >= 15 is 0 Å². The molecule has 0 aliphatic rings. The summed E-state index contributed by atoms with van der Waals surface area (Å²) in [6.07, 6.45) is -3.07. The second-order valence-electron chi connectivity index (χ2n) is 4.73. The summed E-state index contributed by atoms with van der Waals surface area (Å²) < 4.78 is 5.27. The molecule has 0 radical (unpaired) electrons. The monoisotopic (exact) mass is 272 g/mol. The maximum atomic E-state index is 10.0. The van der Waals surface area contributed by atoms with Crippen LogP contribution in [0.3, 0.4) is 0 Å². The maximum absolute atomic E-state index is 10.0. The summed E-state index contributed by atoms with van der Waals surface area (Å²) in [5.74, 6) is -0.198. The third-order valence-electron chi connectivity index (χ3n) is 2.56. The smallest absolute Gasteiger partial charge is 0.140 e. The first-order chi connectivity index (χ1) is 8.73. The Morgan fingerprint density at radius 1 is 1.05 bits per heavy atom. The minimum Gasteiger partial charge on any atom is -0.510 e. The summed E-state index contributed by atoms with van der Waals surface area (Å²) in [5.41, 5.74) is 1.13. The fourth-order valence-electron chi connectivity index (χ4n) is 1.46. The first-order valence-electron chi connectivity index (χ1n) is 6.05. The SMILES string of the molecule is C=CCOC(=C(C)C)[C@H](O)[C@@H](O)[C@H](O)C(O)=C(C)C. The number of aliphatic hydroxyl groups excluding tert-OH is 4. The minimum absolute atomic E-state index is 0.160. The van der Waals surface area contributed by atoms with E-state index in [0.29, 0.717) is 11.1 Å². The number of hydrogen-bond acceptors (Lipinski definition) is 5. The van der Waals surface area contributed by atoms with Gasteiger partial charge < -0.3 is 25.2 Å². The molecular formula is C14H24O5. The summed E-state index contributed by atoms with van der Waals surface area (Å²) in [4.78, 5) is 0. The molecule has 110 valence electrons. The summed E-state index contributed by atoms with van der Waals surface area (Å²) in [6, 6.07) is 0. The molecular weight excluding hydrogens is 248 g/mol. The second kappa shape index (κ2) is 7.99. The van der Waals surface area contributed by atoms with Gasteiger partial charge in [-0.1, -0.05) is 12.7 Å². The molecule has 5 heteroatoms. The van der Waals surface area contributed by atoms with Crippen molar-refractivity contribution in [1.29, 1.82) is 0 Å². The Morgan fingerprint density at radius 2 is 1.58 bits per heavy atom. The lowest BCUT2D eigenvalue weighted by Gasteiger charge is -2.25. The van der Waals surface area contributed by atoms with E-state index in [-0.39, 0.29) is 18.1 Å². The Bertz CT molecular complexity index is 362. The molecule has 0 aliphatic heterocycles. The van der Waals surface area contributed by atoms with Crippen LogP contribution in [0, 0.1) is 0 Å². The Balaban J connectivity index is 5.06. The lowest BCUT2D eigenvalue weighted by molar-refractivity contribution is -0.0614. The van der Waals surface area contributed by atoms with Crippen molar-refractivity contribution >= 4 is 0 Å². The molecule has 0 heterocycles. The van der Waals surface area contributed by atoms with E-state index in [1.807, 2.05) is 0 Å². The van der Waals surface area contributed by atoms with E-state index in [4.69, 9.17) is 4.74 Å². The molecule has 0 aliphatic carbocycles. The van der Waals surface area contributed by atoms with Gasteiger partial charge in [-0.15, -0.1) is 0 Å². The summed E-state index contributed by atoms with van der Waals surface area (Å²) in [7, 11) is 0. The first-order valence-corrected chi connectivity index (χ1v) is 6.05. The minimum atomic E-state index is -1.58. The van der Waals surface area contributed by atoms with Crippen LogP contribution >= 0.6 is 0 Å². The van der Waals surface area contributed by atoms with Crippen molar-refractivity contribution in [3.8, 4) is 0 Å². The highest BCUT2D eigenvalue weighted by molar-refractivity contribution is 5.15. The third kappa shape index (κ3) is 5.06. The molecule has 0 bridgehead atoms. The molecule has 0 aromatic carbocycles. The zero-order valence-corrected chi connectivity index (χ0v) is 11.9. The molecule has 4 N–H and O–H groups in total. The van der Waals surface area contributed by atoms with Crippen molar-refractivity contribution in [2.75, 3.05) is 6.61 Å². The molecule has 0 saturated carbocycles. The number of allylic oxidation sites excluding steroid dienone is 2. The highest BCUT2D eigenvalue weighted by Gasteiger charge is 2.32. The normalized spacial score (nSPS) is 15.1. The van der Waals surface area contributed by atoms with Crippen molar-refractivity contribution in [1.82, 2.24) is 0 Å². The van der Waals surface area contributed by atoms with Gasteiger partial charge in [0.15, 0.2) is 0 Å². The van der Waals surface area contributed by atoms with E-state index in [9.17, 15) is 20.4 Å². The van der Waals surface area contributed by atoms with Crippen LogP contribution in [0.2, 0.25) is 0 Å². The predicted molar refractivity (Wildman–Crippen MR) is 73.5 cm³/mol. The Kier molecular flexibility index (Phi) is 7.44. The molecule has 5 nitrogen and oxygen atoms in total. The van der Waals surface area contributed by atoms with Gasteiger partial charge in [-0.05, 0) is 38.8 Å². The molecule has 0 saturated heterocycles. The first kappa shape index (κ1) is 17.7. The summed E-state index contributed by atoms with van der Waals surface area (Å²) >= 11 is 0. The van der Waals surface area contributed by atoms with E-state index in [0.717, 1.165) is 0 Å². The fourth-order valence-corrected chi connectivity index (χ4v) is 1.46. The average Bonchev–Trinajstić information content (AvgIpc) is 2.35. The molecule has 0 spiro atoms. The van der Waals surface area contributed by atoms with Crippen molar-refractivity contribution in [2.45, 2.75) is 46.0 Å². The topological polar surface area (TPSA) is 90.2 Å². The van der Waals surface area contributed by atoms with Crippen LogP contribution in [0.5, 0.6) is 0 Å². The Hall–Kier alpha value is -1.30. The Morgan fingerprint density at radius 3 is 1.95 bits per heavy atom. The van der Waals surface area contributed by atoms with Gasteiger partial charge in [0.2, 0.25) is 0 Å². The van der Waals surface area contributed by atoms with E-state index in [1.165, 1.54) is 6.08 Å². The lowest BCUT2D eigenvalue weighted by Crippen LogP contribution is -2.40. The van der Waals surface area contributed by atoms with Gasteiger partial charge in [-0.25, -0.2) is 0 Å². The highest BCUT2D eigenvalue weighted by Crippen LogP contribution is 2.19. The maximum Gasteiger partial charge on any atom is 0.140 e. The average molecular weight is 272 g/mol. The number of rotatable bonds is 7. The van der Waals surface area contributed by atoms with Crippen LogP contribution in [0.1, 0.15) is 27.7 Å². The van der Waals surface area contributed by atoms with E-state index in [1.54, 1.807) is 27.7 Å². The van der Waals surface area contributed by atoms with Gasteiger partial charge in [-0.2, -0.15) is 0 Å². The number of aliphatic hydroxyl groups is 4. The van der Waals surface area contributed by atoms with Crippen LogP contribution in [0.25, 0.3) is 0 Å². The van der Waals surface area contributed by atoms with Crippen LogP contribution in [-0.2, 0) is 4.74 Å². The lowest BCUT2D eigenvalue weighted by atomic mass is 10.0. The van der Waals surface area contributed by atoms with Crippen LogP contribution < -0.4 is 0 Å². The standard InChI is InChI=1S/C14H24O5/c1-6-7-19-14(9(4)5)13(18)12(17)11(16)10(15)8(2)3/h6,11-13,15-18H,1,7H2,2-5H3/t11-,12+,13-/m1/s1. The second-order valence-corrected chi connectivity index (χ2v) is 4.73. The van der Waals surface area contributed by atoms with E-state index in [2.05, 4.69) is 6.58 Å². The van der Waals surface area contributed by atoms with Gasteiger partial charge in [-0.3, -0.25) is 0 Å². The van der Waals surface area contributed by atoms with Crippen molar-refractivity contribution in [2.24, 2.45) is 0 Å². The van der Waals surface area contributed by atoms with Crippen LogP contribution in [0.4, 0.5) is 0 Å². The predicted octanol–water partition coefficient (Wildman–Crippen LogP) is 1.42. The molecule has 0 fully saturated rings. The highest BCUT2D eigenvalue weighted by atomic mass is 16.5. The Labute approximate surface area is 114 Å². The van der Waals surface area contributed by atoms with Gasteiger partial charge >= 0.3 is 0 Å². The summed E-state index contributed by atoms with van der Waals surface area (Å²) in [6.45, 7) is 10.3. The van der Waals surface area contributed by atoms with Crippen LogP contribution in [-0.4, -0.2) is 45.3 Å². The van der Waals surface area contributed by atoms with Gasteiger partial charge in [0.1, 0.15) is 36.4 Å². The summed E-state index contributed by atoms with van der Waals surface area (Å²) in [5, 5.41) is 39.3. The van der Waals surface area contributed by atoms with Gasteiger partial charge in [0.05, 0.1) is 0 Å². The molecule has 19 heavy (non-hydrogen) atoms.